The van der Waals surface area contributed by atoms with Gasteiger partial charge in [0.25, 0.3) is 0 Å². The van der Waals surface area contributed by atoms with Crippen LogP contribution in [0.4, 0.5) is 0 Å². The fourth-order valence-corrected chi connectivity index (χ4v) is 1.66. The van der Waals surface area contributed by atoms with Crippen molar-refractivity contribution in [2.45, 2.75) is 40.2 Å². The third-order valence-corrected chi connectivity index (χ3v) is 2.43. The van der Waals surface area contributed by atoms with E-state index < -0.39 is 0 Å². The second-order valence-electron chi connectivity index (χ2n) is 5.40. The highest BCUT2D eigenvalue weighted by Gasteiger charge is 2.19. The summed E-state index contributed by atoms with van der Waals surface area (Å²) in [6, 6.07) is 0.554. The largest absolute Gasteiger partial charge is 0.314 e. The average molecular weight is 209 g/mol. The lowest BCUT2D eigenvalue weighted by molar-refractivity contribution is 0.325. The minimum absolute atomic E-state index is 0.285. The topological polar surface area (TPSA) is 29.9 Å². The van der Waals surface area contributed by atoms with E-state index in [1.54, 1.807) is 0 Å². The Balaban J connectivity index is 2.48. The van der Waals surface area contributed by atoms with Gasteiger partial charge in [-0.05, 0) is 17.4 Å². The molecule has 86 valence electrons. The lowest BCUT2D eigenvalue weighted by Gasteiger charge is -2.25. The summed E-state index contributed by atoms with van der Waals surface area (Å²) >= 11 is 0. The maximum atomic E-state index is 4.19. The van der Waals surface area contributed by atoms with Crippen LogP contribution in [0.15, 0.2) is 12.4 Å². The van der Waals surface area contributed by atoms with Crippen LogP contribution in [-0.4, -0.2) is 22.4 Å². The van der Waals surface area contributed by atoms with E-state index in [-0.39, 0.29) is 5.41 Å². The Morgan fingerprint density at radius 3 is 2.60 bits per heavy atom. The normalized spacial score (nSPS) is 12.4. The number of hydrogen-bond acceptors (Lipinski definition) is 2. The van der Waals surface area contributed by atoms with Crippen molar-refractivity contribution in [1.29, 1.82) is 0 Å². The third kappa shape index (κ3) is 4.47. The molecule has 3 nitrogen and oxygen atoms in total. The van der Waals surface area contributed by atoms with E-state index in [4.69, 9.17) is 0 Å². The molecule has 0 aliphatic rings. The number of nitrogens with one attached hydrogen (secondary N) is 1. The smallest absolute Gasteiger partial charge is 0.0521 e. The van der Waals surface area contributed by atoms with E-state index >= 15 is 0 Å². The van der Waals surface area contributed by atoms with Crippen molar-refractivity contribution < 1.29 is 0 Å². The van der Waals surface area contributed by atoms with Crippen LogP contribution in [0.2, 0.25) is 0 Å². The van der Waals surface area contributed by atoms with Crippen LogP contribution in [0.5, 0.6) is 0 Å². The molecule has 1 aromatic heterocycles. The first-order valence-corrected chi connectivity index (χ1v) is 5.60. The van der Waals surface area contributed by atoms with Gasteiger partial charge in [0.2, 0.25) is 0 Å². The number of nitrogens with zero attached hydrogens (tertiary/aromatic N) is 2. The molecule has 1 aromatic rings. The highest BCUT2D eigenvalue weighted by Crippen LogP contribution is 2.20. The molecule has 0 aromatic carbocycles. The summed E-state index contributed by atoms with van der Waals surface area (Å²) < 4.78 is 1.86. The minimum Gasteiger partial charge on any atom is -0.314 e. The summed E-state index contributed by atoms with van der Waals surface area (Å²) in [6.45, 7) is 9.98. The van der Waals surface area contributed by atoms with Crippen molar-refractivity contribution in [2.75, 3.05) is 6.54 Å². The molecule has 15 heavy (non-hydrogen) atoms. The van der Waals surface area contributed by atoms with Crippen LogP contribution < -0.4 is 5.32 Å². The second-order valence-corrected chi connectivity index (χ2v) is 5.40. The summed E-state index contributed by atoms with van der Waals surface area (Å²) in [4.78, 5) is 0. The summed E-state index contributed by atoms with van der Waals surface area (Å²) in [6.07, 6.45) is 5.12. The Morgan fingerprint density at radius 2 is 2.13 bits per heavy atom. The Labute approximate surface area is 92.9 Å². The molecular weight excluding hydrogens is 186 g/mol. The van der Waals surface area contributed by atoms with Crippen molar-refractivity contribution in [3.63, 3.8) is 0 Å². The van der Waals surface area contributed by atoms with Gasteiger partial charge in [0, 0.05) is 25.8 Å². The Hall–Kier alpha value is -0.830. The predicted molar refractivity (Wildman–Crippen MR) is 63.8 cm³/mol. The number of aryl methyl sites for hydroxylation is 1. The molecule has 0 aliphatic carbocycles. The van der Waals surface area contributed by atoms with E-state index in [0.717, 1.165) is 13.0 Å². The number of rotatable bonds is 5. The maximum absolute atomic E-state index is 4.19. The molecule has 0 fully saturated rings. The van der Waals surface area contributed by atoms with Crippen LogP contribution in [0, 0.1) is 5.41 Å². The molecular formula is C12H23N3. The van der Waals surface area contributed by atoms with Crippen LogP contribution in [0.25, 0.3) is 0 Å². The quantitative estimate of drug-likeness (QED) is 0.803. The lowest BCUT2D eigenvalue weighted by Crippen LogP contribution is -2.35. The molecule has 0 spiro atoms. The molecule has 1 heterocycles. The predicted octanol–water partition coefficient (Wildman–Crippen LogP) is 1.99. The first-order chi connectivity index (χ1) is 6.89. The third-order valence-electron chi connectivity index (χ3n) is 2.43. The SMILES string of the molecule is CC(C)NCC(C)(C)Cc1cnn(C)c1. The molecule has 0 amide bonds. The van der Waals surface area contributed by atoms with E-state index in [2.05, 4.69) is 44.3 Å². The Kier molecular flexibility index (Phi) is 3.91. The first kappa shape index (κ1) is 12.2. The van der Waals surface area contributed by atoms with Gasteiger partial charge in [-0.15, -0.1) is 0 Å². The molecule has 0 saturated carbocycles. The molecule has 1 rings (SSSR count). The van der Waals surface area contributed by atoms with Gasteiger partial charge in [-0.1, -0.05) is 27.7 Å². The summed E-state index contributed by atoms with van der Waals surface area (Å²) in [7, 11) is 1.96. The van der Waals surface area contributed by atoms with Gasteiger partial charge in [0.05, 0.1) is 6.20 Å². The Morgan fingerprint density at radius 1 is 1.47 bits per heavy atom. The monoisotopic (exact) mass is 209 g/mol. The lowest BCUT2D eigenvalue weighted by atomic mass is 9.86. The van der Waals surface area contributed by atoms with E-state index in [1.165, 1.54) is 5.56 Å². The molecule has 0 unspecified atom stereocenters. The van der Waals surface area contributed by atoms with Gasteiger partial charge in [-0.2, -0.15) is 5.10 Å². The van der Waals surface area contributed by atoms with Gasteiger partial charge >= 0.3 is 0 Å². The summed E-state index contributed by atoms with van der Waals surface area (Å²) in [5.41, 5.74) is 1.60. The molecule has 3 heteroatoms. The Bertz CT molecular complexity index is 300. The summed E-state index contributed by atoms with van der Waals surface area (Å²) in [5.74, 6) is 0. The van der Waals surface area contributed by atoms with Crippen molar-refractivity contribution in [2.24, 2.45) is 12.5 Å². The fraction of sp³-hybridized carbons (Fsp3) is 0.750. The average Bonchev–Trinajstić information content (AvgIpc) is 2.47. The zero-order chi connectivity index (χ0) is 11.5. The van der Waals surface area contributed by atoms with Crippen molar-refractivity contribution in [1.82, 2.24) is 15.1 Å². The molecule has 1 N–H and O–H groups in total. The second kappa shape index (κ2) is 4.79. The molecule has 0 saturated heterocycles. The van der Waals surface area contributed by atoms with E-state index in [9.17, 15) is 0 Å². The van der Waals surface area contributed by atoms with Crippen LogP contribution in [-0.2, 0) is 13.5 Å². The van der Waals surface area contributed by atoms with E-state index in [1.807, 2.05) is 17.9 Å². The van der Waals surface area contributed by atoms with Gasteiger partial charge < -0.3 is 5.32 Å². The van der Waals surface area contributed by atoms with Crippen molar-refractivity contribution in [3.8, 4) is 0 Å². The summed E-state index contributed by atoms with van der Waals surface area (Å²) in [5, 5.41) is 7.68. The fourth-order valence-electron chi connectivity index (χ4n) is 1.66. The zero-order valence-corrected chi connectivity index (χ0v) is 10.5. The highest BCUT2D eigenvalue weighted by molar-refractivity contribution is 5.06. The van der Waals surface area contributed by atoms with Gasteiger partial charge in [-0.25, -0.2) is 0 Å². The van der Waals surface area contributed by atoms with Gasteiger partial charge in [0.15, 0.2) is 0 Å². The van der Waals surface area contributed by atoms with E-state index in [0.29, 0.717) is 6.04 Å². The van der Waals surface area contributed by atoms with Gasteiger partial charge in [0.1, 0.15) is 0 Å². The maximum Gasteiger partial charge on any atom is 0.0521 e. The molecule has 0 bridgehead atoms. The number of aromatic nitrogens is 2. The highest BCUT2D eigenvalue weighted by atomic mass is 15.2. The molecule has 0 atom stereocenters. The van der Waals surface area contributed by atoms with Gasteiger partial charge in [-0.3, -0.25) is 4.68 Å². The van der Waals surface area contributed by atoms with Crippen molar-refractivity contribution in [3.05, 3.63) is 18.0 Å². The van der Waals surface area contributed by atoms with Crippen LogP contribution >= 0.6 is 0 Å². The molecule has 0 radical (unpaired) electrons. The standard InChI is InChI=1S/C12H23N3/c1-10(2)13-9-12(3,4)6-11-7-14-15(5)8-11/h7-8,10,13H,6,9H2,1-5H3. The zero-order valence-electron chi connectivity index (χ0n) is 10.5. The van der Waals surface area contributed by atoms with Crippen molar-refractivity contribution >= 4 is 0 Å². The first-order valence-electron chi connectivity index (χ1n) is 5.60. The number of hydrogen-bond donors (Lipinski definition) is 1. The van der Waals surface area contributed by atoms with Crippen LogP contribution in [0.3, 0.4) is 0 Å². The minimum atomic E-state index is 0.285. The molecule has 0 aliphatic heterocycles. The van der Waals surface area contributed by atoms with Crippen LogP contribution in [0.1, 0.15) is 33.3 Å².